The van der Waals surface area contributed by atoms with Gasteiger partial charge in [0.25, 0.3) is 5.89 Å². The molecule has 6 nitrogen and oxygen atoms in total. The largest absolute Gasteiger partial charge is 0.419 e. The Hall–Kier alpha value is -3.54. The number of carbonyl (C=O) groups is 1. The molecule has 0 aliphatic carbocycles. The highest BCUT2D eigenvalue weighted by molar-refractivity contribution is 5.92. The zero-order valence-corrected chi connectivity index (χ0v) is 17.5. The number of pyridine rings is 1. The lowest BCUT2D eigenvalue weighted by atomic mass is 9.96. The molecule has 156 valence electrons. The molecule has 5 rings (SSSR count). The van der Waals surface area contributed by atoms with Crippen LogP contribution in [-0.2, 0) is 11.2 Å². The van der Waals surface area contributed by atoms with Crippen molar-refractivity contribution >= 4 is 16.7 Å². The topological polar surface area (TPSA) is 72.1 Å². The maximum atomic E-state index is 12.7. The number of likely N-dealkylation sites (tertiary alicyclic amines) is 1. The van der Waals surface area contributed by atoms with Crippen molar-refractivity contribution < 1.29 is 9.21 Å². The molecule has 1 amide bonds. The van der Waals surface area contributed by atoms with Gasteiger partial charge in [0.2, 0.25) is 11.8 Å². The summed E-state index contributed by atoms with van der Waals surface area (Å²) in [6, 6.07) is 18.1. The lowest BCUT2D eigenvalue weighted by Crippen LogP contribution is -2.38. The van der Waals surface area contributed by atoms with E-state index in [0.29, 0.717) is 37.0 Å². The highest BCUT2D eigenvalue weighted by Crippen LogP contribution is 2.31. The van der Waals surface area contributed by atoms with E-state index in [-0.39, 0.29) is 11.8 Å². The second-order valence-corrected chi connectivity index (χ2v) is 8.15. The maximum Gasteiger partial charge on any atom is 0.266 e. The minimum atomic E-state index is 0.166. The van der Waals surface area contributed by atoms with Crippen LogP contribution in [0.25, 0.3) is 22.4 Å². The van der Waals surface area contributed by atoms with Gasteiger partial charge in [0.1, 0.15) is 5.69 Å². The number of aromatic nitrogens is 3. The molecule has 0 atom stereocenters. The van der Waals surface area contributed by atoms with E-state index in [1.165, 1.54) is 5.56 Å². The van der Waals surface area contributed by atoms with E-state index in [4.69, 9.17) is 4.42 Å². The summed E-state index contributed by atoms with van der Waals surface area (Å²) >= 11 is 0. The first kappa shape index (κ1) is 19.4. The second-order valence-electron chi connectivity index (χ2n) is 8.15. The summed E-state index contributed by atoms with van der Waals surface area (Å²) in [5.41, 5.74) is 2.95. The van der Waals surface area contributed by atoms with Crippen LogP contribution < -0.4 is 0 Å². The summed E-state index contributed by atoms with van der Waals surface area (Å²) in [5, 5.41) is 10.7. The van der Waals surface area contributed by atoms with Gasteiger partial charge in [0.05, 0.1) is 6.42 Å². The van der Waals surface area contributed by atoms with Gasteiger partial charge < -0.3 is 9.32 Å². The van der Waals surface area contributed by atoms with Gasteiger partial charge in [-0.3, -0.25) is 9.78 Å². The van der Waals surface area contributed by atoms with Crippen molar-refractivity contribution in [2.24, 2.45) is 0 Å². The number of rotatable bonds is 4. The Labute approximate surface area is 180 Å². The van der Waals surface area contributed by atoms with Gasteiger partial charge in [-0.05, 0) is 36.8 Å². The molecule has 2 aromatic carbocycles. The summed E-state index contributed by atoms with van der Waals surface area (Å²) in [6.45, 7) is 3.46. The van der Waals surface area contributed by atoms with E-state index < -0.39 is 0 Å². The molecule has 0 N–H and O–H groups in total. The third-order valence-corrected chi connectivity index (χ3v) is 5.95. The number of carbonyl (C=O) groups excluding carboxylic acids is 1. The van der Waals surface area contributed by atoms with Crippen LogP contribution in [0, 0.1) is 6.92 Å². The predicted molar refractivity (Wildman–Crippen MR) is 118 cm³/mol. The third-order valence-electron chi connectivity index (χ3n) is 5.95. The number of benzene rings is 2. The molecule has 1 aliphatic heterocycles. The standard InChI is InChI=1S/C25H24N4O2/c1-17-5-4-6-18(15-17)16-22(30)29-13-10-20(11-14-29)24-27-28-25(31-24)23-21-8-3-2-7-19(21)9-12-26-23/h2-9,12,15,20H,10-11,13-14,16H2,1H3. The first-order chi connectivity index (χ1) is 15.2. The first-order valence-corrected chi connectivity index (χ1v) is 10.7. The average molecular weight is 412 g/mol. The van der Waals surface area contributed by atoms with Gasteiger partial charge in [-0.15, -0.1) is 10.2 Å². The van der Waals surface area contributed by atoms with Crippen molar-refractivity contribution in [3.8, 4) is 11.6 Å². The summed E-state index contributed by atoms with van der Waals surface area (Å²) in [4.78, 5) is 19.1. The minimum absolute atomic E-state index is 0.166. The number of hydrogen-bond donors (Lipinski definition) is 0. The number of fused-ring (bicyclic) bond motifs is 1. The highest BCUT2D eigenvalue weighted by atomic mass is 16.4. The van der Waals surface area contributed by atoms with Gasteiger partial charge in [-0.2, -0.15) is 0 Å². The molecule has 3 heterocycles. The lowest BCUT2D eigenvalue weighted by molar-refractivity contribution is -0.131. The predicted octanol–water partition coefficient (Wildman–Crippen LogP) is 4.54. The van der Waals surface area contributed by atoms with Crippen LogP contribution in [0.3, 0.4) is 0 Å². The normalized spacial score (nSPS) is 14.8. The van der Waals surface area contributed by atoms with Crippen LogP contribution in [0.4, 0.5) is 0 Å². The molecule has 0 unspecified atom stereocenters. The summed E-state index contributed by atoms with van der Waals surface area (Å²) in [7, 11) is 0. The molecule has 0 saturated carbocycles. The fraction of sp³-hybridized carbons (Fsp3) is 0.280. The Kier molecular flexibility index (Phi) is 5.20. The van der Waals surface area contributed by atoms with Crippen molar-refractivity contribution in [1.82, 2.24) is 20.1 Å². The van der Waals surface area contributed by atoms with E-state index in [1.54, 1.807) is 6.20 Å². The lowest BCUT2D eigenvalue weighted by Gasteiger charge is -2.30. The quantitative estimate of drug-likeness (QED) is 0.492. The first-order valence-electron chi connectivity index (χ1n) is 10.7. The van der Waals surface area contributed by atoms with Crippen LogP contribution in [0.2, 0.25) is 0 Å². The van der Waals surface area contributed by atoms with Crippen molar-refractivity contribution in [3.63, 3.8) is 0 Å². The minimum Gasteiger partial charge on any atom is -0.419 e. The fourth-order valence-corrected chi connectivity index (χ4v) is 4.27. The van der Waals surface area contributed by atoms with Crippen LogP contribution in [0.1, 0.15) is 35.8 Å². The number of piperidine rings is 1. The number of aryl methyl sites for hydroxylation is 1. The molecule has 4 aromatic rings. The summed E-state index contributed by atoms with van der Waals surface area (Å²) in [6.07, 6.45) is 3.86. The number of hydrogen-bond acceptors (Lipinski definition) is 5. The zero-order chi connectivity index (χ0) is 21.2. The van der Waals surface area contributed by atoms with E-state index in [0.717, 1.165) is 29.2 Å². The molecule has 1 aliphatic rings. The molecular weight excluding hydrogens is 388 g/mol. The van der Waals surface area contributed by atoms with Gasteiger partial charge >= 0.3 is 0 Å². The summed E-state index contributed by atoms with van der Waals surface area (Å²) in [5.74, 6) is 1.43. The fourth-order valence-electron chi connectivity index (χ4n) is 4.27. The van der Waals surface area contributed by atoms with Crippen molar-refractivity contribution in [3.05, 3.63) is 77.8 Å². The average Bonchev–Trinajstić information content (AvgIpc) is 3.29. The van der Waals surface area contributed by atoms with Crippen molar-refractivity contribution in [2.75, 3.05) is 13.1 Å². The van der Waals surface area contributed by atoms with Crippen LogP contribution in [-0.4, -0.2) is 39.1 Å². The number of amides is 1. The second kappa shape index (κ2) is 8.30. The van der Waals surface area contributed by atoms with E-state index in [2.05, 4.69) is 21.2 Å². The SMILES string of the molecule is Cc1cccc(CC(=O)N2CCC(c3nnc(-c4nccc5ccccc45)o3)CC2)c1. The molecule has 0 bridgehead atoms. The highest BCUT2D eigenvalue weighted by Gasteiger charge is 2.28. The van der Waals surface area contributed by atoms with Gasteiger partial charge in [-0.1, -0.05) is 54.1 Å². The van der Waals surface area contributed by atoms with Crippen LogP contribution >= 0.6 is 0 Å². The Morgan fingerprint density at radius 1 is 1.06 bits per heavy atom. The monoisotopic (exact) mass is 412 g/mol. The van der Waals surface area contributed by atoms with Crippen molar-refractivity contribution in [1.29, 1.82) is 0 Å². The third kappa shape index (κ3) is 4.06. The molecule has 31 heavy (non-hydrogen) atoms. The van der Waals surface area contributed by atoms with Gasteiger partial charge in [0, 0.05) is 30.6 Å². The van der Waals surface area contributed by atoms with Crippen LogP contribution in [0.15, 0.2) is 65.2 Å². The Balaban J connectivity index is 1.25. The molecule has 0 spiro atoms. The molecule has 0 radical (unpaired) electrons. The maximum absolute atomic E-state index is 12.7. The van der Waals surface area contributed by atoms with Gasteiger partial charge in [0.15, 0.2) is 0 Å². The Bertz CT molecular complexity index is 1220. The molecule has 6 heteroatoms. The smallest absolute Gasteiger partial charge is 0.266 e. The zero-order valence-electron chi connectivity index (χ0n) is 17.5. The van der Waals surface area contributed by atoms with E-state index >= 15 is 0 Å². The van der Waals surface area contributed by atoms with Crippen LogP contribution in [0.5, 0.6) is 0 Å². The molecule has 1 fully saturated rings. The Morgan fingerprint density at radius 2 is 1.90 bits per heavy atom. The molecular formula is C25H24N4O2. The number of nitrogens with zero attached hydrogens (tertiary/aromatic N) is 4. The summed E-state index contributed by atoms with van der Waals surface area (Å²) < 4.78 is 6.03. The molecule has 1 saturated heterocycles. The Morgan fingerprint density at radius 3 is 2.74 bits per heavy atom. The van der Waals surface area contributed by atoms with E-state index in [9.17, 15) is 4.79 Å². The van der Waals surface area contributed by atoms with E-state index in [1.807, 2.05) is 60.4 Å². The van der Waals surface area contributed by atoms with Crippen molar-refractivity contribution in [2.45, 2.75) is 32.1 Å². The van der Waals surface area contributed by atoms with Gasteiger partial charge in [-0.25, -0.2) is 0 Å². The molecule has 2 aromatic heterocycles.